The fourth-order valence-corrected chi connectivity index (χ4v) is 4.72. The molecule has 2 aromatic carbocycles. The predicted octanol–water partition coefficient (Wildman–Crippen LogP) is 6.68. The molecule has 1 heterocycles. The molecule has 0 saturated heterocycles. The van der Waals surface area contributed by atoms with Gasteiger partial charge in [0.15, 0.2) is 5.78 Å². The second kappa shape index (κ2) is 7.95. The van der Waals surface area contributed by atoms with Gasteiger partial charge in [-0.15, -0.1) is 0 Å². The third-order valence-electron chi connectivity index (χ3n) is 5.54. The molecule has 0 aromatic heterocycles. The molecule has 2 aromatic rings. The normalized spacial score (nSPS) is 19.7. The molecule has 4 rings (SSSR count). The highest BCUT2D eigenvalue weighted by Crippen LogP contribution is 2.47. The van der Waals surface area contributed by atoms with E-state index in [1.54, 1.807) is 0 Å². The van der Waals surface area contributed by atoms with E-state index < -0.39 is 29.4 Å². The van der Waals surface area contributed by atoms with Gasteiger partial charge in [0, 0.05) is 40.6 Å². The van der Waals surface area contributed by atoms with Crippen LogP contribution in [-0.4, -0.2) is 11.7 Å². The molecular formula is C22H15Cl2F4NO2. The van der Waals surface area contributed by atoms with Crippen molar-refractivity contribution in [2.24, 2.45) is 0 Å². The van der Waals surface area contributed by atoms with Gasteiger partial charge in [-0.25, -0.2) is 4.39 Å². The largest absolute Gasteiger partial charge is 0.416 e. The van der Waals surface area contributed by atoms with Crippen LogP contribution in [0.15, 0.2) is 47.7 Å². The van der Waals surface area contributed by atoms with Gasteiger partial charge in [-0.05, 0) is 43.2 Å². The third-order valence-corrected chi connectivity index (χ3v) is 6.19. The van der Waals surface area contributed by atoms with Crippen molar-refractivity contribution in [1.29, 1.82) is 0 Å². The Balaban J connectivity index is 1.93. The summed E-state index contributed by atoms with van der Waals surface area (Å²) in [5.41, 5.74) is -0.635. The van der Waals surface area contributed by atoms with Crippen LogP contribution in [0.5, 0.6) is 0 Å². The number of carbonyl (C=O) groups excluding carboxylic acids is 2. The molecule has 0 spiro atoms. The first-order valence-electron chi connectivity index (χ1n) is 9.49. The van der Waals surface area contributed by atoms with E-state index in [1.165, 1.54) is 18.2 Å². The molecule has 1 aliphatic carbocycles. The van der Waals surface area contributed by atoms with Gasteiger partial charge in [-0.1, -0.05) is 29.3 Å². The topological polar surface area (TPSA) is 37.4 Å². The molecule has 1 unspecified atom stereocenters. The highest BCUT2D eigenvalue weighted by atomic mass is 35.5. The van der Waals surface area contributed by atoms with Gasteiger partial charge in [0.2, 0.25) is 5.91 Å². The molecule has 1 aliphatic heterocycles. The smallest absolute Gasteiger partial charge is 0.294 e. The number of allylic oxidation sites excluding steroid dienone is 2. The lowest BCUT2D eigenvalue weighted by atomic mass is 9.77. The molecule has 2 aliphatic rings. The Morgan fingerprint density at radius 1 is 1.00 bits per heavy atom. The minimum absolute atomic E-state index is 0.0371. The molecule has 0 bridgehead atoms. The van der Waals surface area contributed by atoms with Crippen molar-refractivity contribution in [3.8, 4) is 0 Å². The van der Waals surface area contributed by atoms with E-state index in [-0.39, 0.29) is 57.6 Å². The SMILES string of the molecule is O=C1CCCC2=C1C(c1c(F)cccc1Cl)CC(=O)N2c1cc(C(F)(F)F)ccc1Cl. The number of hydrogen-bond donors (Lipinski definition) is 0. The van der Waals surface area contributed by atoms with Crippen LogP contribution in [-0.2, 0) is 15.8 Å². The summed E-state index contributed by atoms with van der Waals surface area (Å²) < 4.78 is 54.4. The maximum absolute atomic E-state index is 14.6. The van der Waals surface area contributed by atoms with Gasteiger partial charge in [0.1, 0.15) is 5.82 Å². The van der Waals surface area contributed by atoms with Crippen LogP contribution in [0.25, 0.3) is 0 Å². The lowest BCUT2D eigenvalue weighted by molar-refractivity contribution is -0.137. The van der Waals surface area contributed by atoms with Crippen LogP contribution >= 0.6 is 23.2 Å². The number of benzene rings is 2. The van der Waals surface area contributed by atoms with E-state index in [1.807, 2.05) is 0 Å². The lowest BCUT2D eigenvalue weighted by Crippen LogP contribution is -2.41. The molecule has 0 saturated carbocycles. The molecule has 3 nitrogen and oxygen atoms in total. The van der Waals surface area contributed by atoms with Gasteiger partial charge in [-0.2, -0.15) is 13.2 Å². The van der Waals surface area contributed by atoms with Crippen molar-refractivity contribution in [2.75, 3.05) is 4.90 Å². The maximum Gasteiger partial charge on any atom is 0.416 e. The van der Waals surface area contributed by atoms with Gasteiger partial charge < -0.3 is 0 Å². The van der Waals surface area contributed by atoms with Gasteiger partial charge in [-0.3, -0.25) is 14.5 Å². The maximum atomic E-state index is 14.6. The van der Waals surface area contributed by atoms with Crippen LogP contribution in [0.3, 0.4) is 0 Å². The van der Waals surface area contributed by atoms with E-state index in [4.69, 9.17) is 23.2 Å². The van der Waals surface area contributed by atoms with E-state index >= 15 is 0 Å². The van der Waals surface area contributed by atoms with E-state index in [9.17, 15) is 27.2 Å². The number of halogens is 6. The summed E-state index contributed by atoms with van der Waals surface area (Å²) in [5.74, 6) is -2.43. The molecule has 162 valence electrons. The monoisotopic (exact) mass is 471 g/mol. The summed E-state index contributed by atoms with van der Waals surface area (Å²) in [4.78, 5) is 27.1. The van der Waals surface area contributed by atoms with Crippen LogP contribution in [0.2, 0.25) is 10.0 Å². The number of amides is 1. The minimum Gasteiger partial charge on any atom is -0.294 e. The third kappa shape index (κ3) is 3.85. The molecule has 0 N–H and O–H groups in total. The van der Waals surface area contributed by atoms with Crippen LogP contribution in [0.4, 0.5) is 23.2 Å². The Bertz CT molecular complexity index is 1110. The molecule has 1 atom stereocenters. The van der Waals surface area contributed by atoms with Gasteiger partial charge in [0.05, 0.1) is 16.3 Å². The fraction of sp³-hybridized carbons (Fsp3) is 0.273. The van der Waals surface area contributed by atoms with Crippen molar-refractivity contribution >= 4 is 40.6 Å². The van der Waals surface area contributed by atoms with E-state index in [0.717, 1.165) is 23.1 Å². The van der Waals surface area contributed by atoms with Crippen molar-refractivity contribution in [2.45, 2.75) is 37.8 Å². The summed E-state index contributed by atoms with van der Waals surface area (Å²) in [6, 6.07) is 6.75. The molecule has 31 heavy (non-hydrogen) atoms. The number of rotatable bonds is 2. The number of carbonyl (C=O) groups is 2. The van der Waals surface area contributed by atoms with E-state index in [2.05, 4.69) is 0 Å². The number of alkyl halides is 3. The average molecular weight is 472 g/mol. The van der Waals surface area contributed by atoms with Crippen molar-refractivity contribution in [3.63, 3.8) is 0 Å². The highest BCUT2D eigenvalue weighted by Gasteiger charge is 2.42. The number of anilines is 1. The Hall–Kier alpha value is -2.38. The number of ketones is 1. The number of hydrogen-bond acceptors (Lipinski definition) is 2. The minimum atomic E-state index is -4.64. The summed E-state index contributed by atoms with van der Waals surface area (Å²) in [5, 5.41) is 0.0159. The summed E-state index contributed by atoms with van der Waals surface area (Å²) >= 11 is 12.4. The van der Waals surface area contributed by atoms with Crippen LogP contribution in [0, 0.1) is 5.82 Å². The molecule has 0 fully saturated rings. The fourth-order valence-electron chi connectivity index (χ4n) is 4.22. The van der Waals surface area contributed by atoms with Crippen molar-refractivity contribution in [1.82, 2.24) is 0 Å². The zero-order chi connectivity index (χ0) is 22.5. The Kier molecular flexibility index (Phi) is 5.60. The average Bonchev–Trinajstić information content (AvgIpc) is 2.68. The molecule has 9 heteroatoms. The standard InChI is InChI=1S/C22H15Cl2F4NO2/c23-13-8-7-11(22(26,27)28)9-17(13)29-16-5-2-6-18(30)21(16)12(10-19(29)31)20-14(24)3-1-4-15(20)25/h1,3-4,7-9,12H,2,5-6,10H2. The summed E-state index contributed by atoms with van der Waals surface area (Å²) in [7, 11) is 0. The van der Waals surface area contributed by atoms with Gasteiger partial charge >= 0.3 is 6.18 Å². The lowest BCUT2D eigenvalue weighted by Gasteiger charge is -2.39. The summed E-state index contributed by atoms with van der Waals surface area (Å²) in [6.45, 7) is 0. The summed E-state index contributed by atoms with van der Waals surface area (Å²) in [6.07, 6.45) is -4.09. The first-order chi connectivity index (χ1) is 14.6. The zero-order valence-electron chi connectivity index (χ0n) is 15.9. The Morgan fingerprint density at radius 2 is 1.74 bits per heavy atom. The first kappa shape index (κ1) is 21.8. The molecular weight excluding hydrogens is 457 g/mol. The Labute approximate surface area is 185 Å². The number of nitrogens with zero attached hydrogens (tertiary/aromatic N) is 1. The van der Waals surface area contributed by atoms with E-state index in [0.29, 0.717) is 6.42 Å². The number of Topliss-reactive ketones (excluding diaryl/α,β-unsaturated/α-hetero) is 1. The Morgan fingerprint density at radius 3 is 2.42 bits per heavy atom. The first-order valence-corrected chi connectivity index (χ1v) is 10.2. The highest BCUT2D eigenvalue weighted by molar-refractivity contribution is 6.34. The molecule has 1 amide bonds. The second-order valence-electron chi connectivity index (χ2n) is 7.42. The second-order valence-corrected chi connectivity index (χ2v) is 8.24. The van der Waals surface area contributed by atoms with Crippen LogP contribution < -0.4 is 4.90 Å². The quantitative estimate of drug-likeness (QED) is 0.458. The van der Waals surface area contributed by atoms with Gasteiger partial charge in [0.25, 0.3) is 0 Å². The molecule has 0 radical (unpaired) electrons. The van der Waals surface area contributed by atoms with Crippen molar-refractivity contribution < 1.29 is 27.2 Å². The van der Waals surface area contributed by atoms with Crippen LogP contribution in [0.1, 0.15) is 42.7 Å². The predicted molar refractivity (Wildman–Crippen MR) is 109 cm³/mol. The zero-order valence-corrected chi connectivity index (χ0v) is 17.4. The van der Waals surface area contributed by atoms with Crippen molar-refractivity contribution in [3.05, 3.63) is 74.7 Å².